The van der Waals surface area contributed by atoms with Gasteiger partial charge in [0.15, 0.2) is 5.96 Å². The van der Waals surface area contributed by atoms with Gasteiger partial charge in [-0.25, -0.2) is 4.99 Å². The largest absolute Gasteiger partial charge is 0.491 e. The maximum atomic E-state index is 5.81. The SMILES string of the molecule is C=C(C)CNC(N)=NCc1ccc(C)cc1OCCOC. The molecule has 0 unspecified atom stereocenters. The van der Waals surface area contributed by atoms with E-state index in [4.69, 9.17) is 15.2 Å². The molecule has 0 heterocycles. The van der Waals surface area contributed by atoms with Crippen molar-refractivity contribution in [1.82, 2.24) is 5.32 Å². The van der Waals surface area contributed by atoms with Crippen LogP contribution in [-0.2, 0) is 11.3 Å². The van der Waals surface area contributed by atoms with Gasteiger partial charge in [-0.1, -0.05) is 24.3 Å². The van der Waals surface area contributed by atoms with Gasteiger partial charge in [-0.3, -0.25) is 0 Å². The fourth-order valence-corrected chi connectivity index (χ4v) is 1.63. The molecule has 0 bridgehead atoms. The molecule has 0 aliphatic carbocycles. The Kier molecular flexibility index (Phi) is 7.32. The van der Waals surface area contributed by atoms with E-state index in [1.807, 2.05) is 32.0 Å². The number of nitrogens with one attached hydrogen (secondary N) is 1. The van der Waals surface area contributed by atoms with E-state index in [-0.39, 0.29) is 0 Å². The van der Waals surface area contributed by atoms with Crippen LogP contribution in [0, 0.1) is 6.92 Å². The highest BCUT2D eigenvalue weighted by Gasteiger charge is 2.04. The topological polar surface area (TPSA) is 68.9 Å². The van der Waals surface area contributed by atoms with E-state index in [2.05, 4.69) is 16.9 Å². The highest BCUT2D eigenvalue weighted by Crippen LogP contribution is 2.21. The van der Waals surface area contributed by atoms with Crippen molar-refractivity contribution in [3.8, 4) is 5.75 Å². The third-order valence-electron chi connectivity index (χ3n) is 2.76. The molecule has 0 fully saturated rings. The molecule has 1 aromatic carbocycles. The van der Waals surface area contributed by atoms with Gasteiger partial charge in [-0.2, -0.15) is 0 Å². The molecule has 0 saturated carbocycles. The fourth-order valence-electron chi connectivity index (χ4n) is 1.63. The first-order valence-electron chi connectivity index (χ1n) is 6.92. The number of nitrogens with two attached hydrogens (primary N) is 1. The third kappa shape index (κ3) is 6.81. The van der Waals surface area contributed by atoms with Crippen LogP contribution < -0.4 is 15.8 Å². The van der Waals surface area contributed by atoms with E-state index in [1.165, 1.54) is 0 Å². The summed E-state index contributed by atoms with van der Waals surface area (Å²) in [6.07, 6.45) is 0. The Bertz CT molecular complexity index is 498. The number of rotatable bonds is 8. The second-order valence-electron chi connectivity index (χ2n) is 4.96. The summed E-state index contributed by atoms with van der Waals surface area (Å²) in [5.74, 6) is 1.23. The summed E-state index contributed by atoms with van der Waals surface area (Å²) in [7, 11) is 1.65. The summed E-state index contributed by atoms with van der Waals surface area (Å²) in [5, 5.41) is 3.00. The van der Waals surface area contributed by atoms with Gasteiger partial charge in [0.2, 0.25) is 0 Å². The molecular formula is C16H25N3O2. The number of aliphatic imine (C=N–C) groups is 1. The first-order valence-corrected chi connectivity index (χ1v) is 6.92. The predicted octanol–water partition coefficient (Wildman–Crippen LogP) is 2.00. The average molecular weight is 291 g/mol. The highest BCUT2D eigenvalue weighted by atomic mass is 16.5. The van der Waals surface area contributed by atoms with Crippen molar-refractivity contribution < 1.29 is 9.47 Å². The maximum absolute atomic E-state index is 5.81. The maximum Gasteiger partial charge on any atom is 0.189 e. The van der Waals surface area contributed by atoms with Crippen molar-refractivity contribution in [3.05, 3.63) is 41.5 Å². The lowest BCUT2D eigenvalue weighted by molar-refractivity contribution is 0.146. The van der Waals surface area contributed by atoms with Crippen LogP contribution in [0.4, 0.5) is 0 Å². The van der Waals surface area contributed by atoms with E-state index < -0.39 is 0 Å². The lowest BCUT2D eigenvalue weighted by Crippen LogP contribution is -2.32. The molecule has 1 rings (SSSR count). The lowest BCUT2D eigenvalue weighted by atomic mass is 10.1. The number of benzene rings is 1. The van der Waals surface area contributed by atoms with Gasteiger partial charge < -0.3 is 20.5 Å². The Morgan fingerprint density at radius 3 is 2.81 bits per heavy atom. The third-order valence-corrected chi connectivity index (χ3v) is 2.76. The van der Waals surface area contributed by atoms with E-state index in [9.17, 15) is 0 Å². The van der Waals surface area contributed by atoms with Crippen molar-refractivity contribution >= 4 is 5.96 Å². The Balaban J connectivity index is 2.68. The first-order chi connectivity index (χ1) is 10.0. The Hall–Kier alpha value is -2.01. The molecule has 1 aromatic rings. The molecule has 0 aliphatic rings. The van der Waals surface area contributed by atoms with E-state index >= 15 is 0 Å². The monoisotopic (exact) mass is 291 g/mol. The number of hydrogen-bond acceptors (Lipinski definition) is 3. The van der Waals surface area contributed by atoms with Gasteiger partial charge in [0.05, 0.1) is 13.2 Å². The van der Waals surface area contributed by atoms with Gasteiger partial charge in [0.25, 0.3) is 0 Å². The molecular weight excluding hydrogens is 266 g/mol. The molecule has 0 radical (unpaired) electrons. The van der Waals surface area contributed by atoms with Crippen LogP contribution in [0.3, 0.4) is 0 Å². The minimum atomic E-state index is 0.404. The number of nitrogens with zero attached hydrogens (tertiary/aromatic N) is 1. The molecule has 21 heavy (non-hydrogen) atoms. The zero-order valence-electron chi connectivity index (χ0n) is 13.1. The Morgan fingerprint density at radius 2 is 2.14 bits per heavy atom. The van der Waals surface area contributed by atoms with Gasteiger partial charge in [-0.05, 0) is 25.5 Å². The predicted molar refractivity (Wildman–Crippen MR) is 86.7 cm³/mol. The lowest BCUT2D eigenvalue weighted by Gasteiger charge is -2.11. The zero-order chi connectivity index (χ0) is 15.7. The fraction of sp³-hybridized carbons (Fsp3) is 0.438. The zero-order valence-corrected chi connectivity index (χ0v) is 13.1. The molecule has 0 saturated heterocycles. The van der Waals surface area contributed by atoms with E-state index in [0.29, 0.717) is 32.3 Å². The standard InChI is InChI=1S/C16H25N3O2/c1-12(2)10-18-16(17)19-11-14-6-5-13(3)9-15(14)21-8-7-20-4/h5-6,9H,1,7-8,10-11H2,2-4H3,(H3,17,18,19). The molecule has 0 amide bonds. The van der Waals surface area contributed by atoms with Crippen LogP contribution in [-0.4, -0.2) is 32.8 Å². The summed E-state index contributed by atoms with van der Waals surface area (Å²) in [6, 6.07) is 6.04. The number of methoxy groups -OCH3 is 1. The molecule has 0 aromatic heterocycles. The molecule has 3 N–H and O–H groups in total. The highest BCUT2D eigenvalue weighted by molar-refractivity contribution is 5.78. The van der Waals surface area contributed by atoms with Crippen LogP contribution in [0.25, 0.3) is 0 Å². The van der Waals surface area contributed by atoms with Crippen molar-refractivity contribution in [2.45, 2.75) is 20.4 Å². The number of guanidine groups is 1. The Labute approximate surface area is 126 Å². The van der Waals surface area contributed by atoms with Crippen LogP contribution in [0.2, 0.25) is 0 Å². The van der Waals surface area contributed by atoms with Gasteiger partial charge >= 0.3 is 0 Å². The van der Waals surface area contributed by atoms with Crippen molar-refractivity contribution in [1.29, 1.82) is 0 Å². The van der Waals surface area contributed by atoms with Gasteiger partial charge in [0, 0.05) is 19.2 Å². The van der Waals surface area contributed by atoms with Crippen molar-refractivity contribution in [3.63, 3.8) is 0 Å². The number of ether oxygens (including phenoxy) is 2. The minimum absolute atomic E-state index is 0.404. The minimum Gasteiger partial charge on any atom is -0.491 e. The first kappa shape index (κ1) is 17.0. The summed E-state index contributed by atoms with van der Waals surface area (Å²) in [5.41, 5.74) is 8.95. The normalized spacial score (nSPS) is 11.3. The van der Waals surface area contributed by atoms with Crippen LogP contribution in [0.1, 0.15) is 18.1 Å². The second-order valence-corrected chi connectivity index (χ2v) is 4.96. The molecule has 0 spiro atoms. The van der Waals surface area contributed by atoms with Crippen LogP contribution in [0.15, 0.2) is 35.3 Å². The van der Waals surface area contributed by atoms with Crippen LogP contribution in [0.5, 0.6) is 5.75 Å². The summed E-state index contributed by atoms with van der Waals surface area (Å²) in [4.78, 5) is 4.32. The number of hydrogen-bond donors (Lipinski definition) is 2. The van der Waals surface area contributed by atoms with E-state index in [1.54, 1.807) is 7.11 Å². The molecule has 0 aliphatic heterocycles. The van der Waals surface area contributed by atoms with Crippen LogP contribution >= 0.6 is 0 Å². The number of aryl methyl sites for hydroxylation is 1. The van der Waals surface area contributed by atoms with Crippen molar-refractivity contribution in [2.24, 2.45) is 10.7 Å². The summed E-state index contributed by atoms with van der Waals surface area (Å²) in [6.45, 7) is 9.93. The second kappa shape index (κ2) is 9.02. The quantitative estimate of drug-likeness (QED) is 0.333. The molecule has 5 heteroatoms. The Morgan fingerprint density at radius 1 is 1.38 bits per heavy atom. The average Bonchev–Trinajstić information content (AvgIpc) is 2.44. The van der Waals surface area contributed by atoms with Gasteiger partial charge in [-0.15, -0.1) is 0 Å². The molecule has 0 atom stereocenters. The summed E-state index contributed by atoms with van der Waals surface area (Å²) >= 11 is 0. The van der Waals surface area contributed by atoms with E-state index in [0.717, 1.165) is 22.4 Å². The molecule has 5 nitrogen and oxygen atoms in total. The van der Waals surface area contributed by atoms with Gasteiger partial charge in [0.1, 0.15) is 12.4 Å². The molecule has 116 valence electrons. The van der Waals surface area contributed by atoms with Crippen molar-refractivity contribution in [2.75, 3.05) is 26.9 Å². The summed E-state index contributed by atoms with van der Waals surface area (Å²) < 4.78 is 10.7. The smallest absolute Gasteiger partial charge is 0.189 e.